The molecule has 0 atom stereocenters. The molecule has 120 valence electrons. The maximum Gasteiger partial charge on any atom is 0.230 e. The van der Waals surface area contributed by atoms with E-state index < -0.39 is 5.41 Å². The quantitative estimate of drug-likeness (QED) is 0.904. The van der Waals surface area contributed by atoms with Crippen molar-refractivity contribution in [2.45, 2.75) is 37.6 Å². The summed E-state index contributed by atoms with van der Waals surface area (Å²) in [6.07, 6.45) is 3.37. The monoisotopic (exact) mass is 315 g/mol. The highest BCUT2D eigenvalue weighted by Crippen LogP contribution is 2.41. The molecule has 0 aromatic heterocycles. The molecule has 2 aromatic rings. The van der Waals surface area contributed by atoms with Crippen LogP contribution in [0.4, 0.5) is 8.78 Å². The van der Waals surface area contributed by atoms with Gasteiger partial charge in [0.1, 0.15) is 11.6 Å². The molecule has 1 N–H and O–H groups in total. The van der Waals surface area contributed by atoms with E-state index >= 15 is 0 Å². The lowest BCUT2D eigenvalue weighted by molar-refractivity contribution is -0.126. The molecule has 0 heterocycles. The number of halogens is 2. The molecule has 1 saturated carbocycles. The summed E-state index contributed by atoms with van der Waals surface area (Å²) in [4.78, 5) is 12.8. The van der Waals surface area contributed by atoms with Crippen LogP contribution in [0.3, 0.4) is 0 Å². The molecule has 0 unspecified atom stereocenters. The molecular formula is C19H19F2NO. The van der Waals surface area contributed by atoms with Crippen molar-refractivity contribution in [2.24, 2.45) is 0 Å². The summed E-state index contributed by atoms with van der Waals surface area (Å²) in [5.41, 5.74) is 0.932. The van der Waals surface area contributed by atoms with Gasteiger partial charge in [-0.2, -0.15) is 0 Å². The van der Waals surface area contributed by atoms with Crippen molar-refractivity contribution in [3.05, 3.63) is 71.3 Å². The minimum absolute atomic E-state index is 0.0788. The molecule has 3 rings (SSSR count). The third kappa shape index (κ3) is 3.26. The van der Waals surface area contributed by atoms with Crippen molar-refractivity contribution >= 4 is 5.91 Å². The lowest BCUT2D eigenvalue weighted by atomic mass is 9.78. The summed E-state index contributed by atoms with van der Waals surface area (Å²) in [7, 11) is 0. The van der Waals surface area contributed by atoms with E-state index in [4.69, 9.17) is 0 Å². The molecule has 0 radical (unpaired) electrons. The van der Waals surface area contributed by atoms with Gasteiger partial charge in [0.15, 0.2) is 0 Å². The number of amides is 1. The molecule has 1 aliphatic rings. The Morgan fingerprint density at radius 2 is 1.70 bits per heavy atom. The van der Waals surface area contributed by atoms with E-state index in [-0.39, 0.29) is 17.5 Å². The number of carbonyl (C=O) groups is 1. The SMILES string of the molecule is O=C(NCc1ccc(F)cc1)C1(c2cccc(F)c2)CCCC1. The lowest BCUT2D eigenvalue weighted by Crippen LogP contribution is -2.42. The van der Waals surface area contributed by atoms with Crippen molar-refractivity contribution in [1.82, 2.24) is 5.32 Å². The molecule has 1 fully saturated rings. The number of hydrogen-bond donors (Lipinski definition) is 1. The highest BCUT2D eigenvalue weighted by molar-refractivity contribution is 5.88. The summed E-state index contributed by atoms with van der Waals surface area (Å²) < 4.78 is 26.5. The third-order valence-corrected chi connectivity index (χ3v) is 4.64. The maximum atomic E-state index is 13.6. The van der Waals surface area contributed by atoms with E-state index in [1.807, 2.05) is 6.07 Å². The van der Waals surface area contributed by atoms with E-state index in [1.165, 1.54) is 24.3 Å². The Morgan fingerprint density at radius 3 is 2.35 bits per heavy atom. The predicted octanol–water partition coefficient (Wildman–Crippen LogP) is 4.09. The van der Waals surface area contributed by atoms with E-state index in [1.54, 1.807) is 18.2 Å². The van der Waals surface area contributed by atoms with Crippen molar-refractivity contribution in [2.75, 3.05) is 0 Å². The van der Waals surface area contributed by atoms with Gasteiger partial charge in [-0.3, -0.25) is 4.79 Å². The predicted molar refractivity (Wildman–Crippen MR) is 84.8 cm³/mol. The smallest absolute Gasteiger partial charge is 0.230 e. The molecule has 2 nitrogen and oxygen atoms in total. The molecule has 0 aliphatic heterocycles. The fraction of sp³-hybridized carbons (Fsp3) is 0.316. The molecule has 4 heteroatoms. The third-order valence-electron chi connectivity index (χ3n) is 4.64. The Kier molecular flexibility index (Phi) is 4.42. The first-order valence-corrected chi connectivity index (χ1v) is 7.89. The number of nitrogens with one attached hydrogen (secondary N) is 1. The molecule has 23 heavy (non-hydrogen) atoms. The first-order valence-electron chi connectivity index (χ1n) is 7.89. The topological polar surface area (TPSA) is 29.1 Å². The van der Waals surface area contributed by atoms with Crippen LogP contribution in [0, 0.1) is 11.6 Å². The molecule has 1 amide bonds. The Labute approximate surface area is 134 Å². The van der Waals surface area contributed by atoms with Crippen molar-refractivity contribution < 1.29 is 13.6 Å². The van der Waals surface area contributed by atoms with E-state index in [2.05, 4.69) is 5.32 Å². The van der Waals surface area contributed by atoms with Gasteiger partial charge >= 0.3 is 0 Å². The van der Waals surface area contributed by atoms with Gasteiger partial charge in [-0.15, -0.1) is 0 Å². The van der Waals surface area contributed by atoms with Gasteiger partial charge < -0.3 is 5.32 Å². The van der Waals surface area contributed by atoms with Crippen molar-refractivity contribution in [1.29, 1.82) is 0 Å². The minimum atomic E-state index is -0.651. The molecule has 0 saturated heterocycles. The van der Waals surface area contributed by atoms with Gasteiger partial charge in [0, 0.05) is 6.54 Å². The van der Waals surface area contributed by atoms with Crippen LogP contribution in [0.2, 0.25) is 0 Å². The maximum absolute atomic E-state index is 13.6. The van der Waals surface area contributed by atoms with Gasteiger partial charge in [-0.25, -0.2) is 8.78 Å². The average molecular weight is 315 g/mol. The number of carbonyl (C=O) groups excluding carboxylic acids is 1. The van der Waals surface area contributed by atoms with Crippen LogP contribution in [0.25, 0.3) is 0 Å². The molecule has 2 aromatic carbocycles. The van der Waals surface area contributed by atoms with E-state index in [9.17, 15) is 13.6 Å². The average Bonchev–Trinajstić information content (AvgIpc) is 3.05. The van der Waals surface area contributed by atoms with E-state index in [0.29, 0.717) is 6.54 Å². The molecule has 0 spiro atoms. The Hall–Kier alpha value is -2.23. The summed E-state index contributed by atoms with van der Waals surface area (Å²) in [6.45, 7) is 0.343. The molecule has 0 bridgehead atoms. The van der Waals surface area contributed by atoms with Crippen molar-refractivity contribution in [3.63, 3.8) is 0 Å². The van der Waals surface area contributed by atoms with Crippen LogP contribution in [-0.4, -0.2) is 5.91 Å². The largest absolute Gasteiger partial charge is 0.351 e. The minimum Gasteiger partial charge on any atom is -0.351 e. The van der Waals surface area contributed by atoms with Crippen LogP contribution < -0.4 is 5.32 Å². The Morgan fingerprint density at radius 1 is 1.00 bits per heavy atom. The van der Waals surface area contributed by atoms with Gasteiger partial charge in [-0.05, 0) is 48.2 Å². The molecular weight excluding hydrogens is 296 g/mol. The van der Waals surface area contributed by atoms with Crippen molar-refractivity contribution in [3.8, 4) is 0 Å². The zero-order valence-electron chi connectivity index (χ0n) is 12.8. The zero-order chi connectivity index (χ0) is 16.3. The fourth-order valence-corrected chi connectivity index (χ4v) is 3.37. The van der Waals surface area contributed by atoms with Crippen LogP contribution in [0.1, 0.15) is 36.8 Å². The van der Waals surface area contributed by atoms with Crippen LogP contribution in [-0.2, 0) is 16.8 Å². The lowest BCUT2D eigenvalue weighted by Gasteiger charge is -2.28. The second kappa shape index (κ2) is 6.49. The van der Waals surface area contributed by atoms with E-state index in [0.717, 1.165) is 36.8 Å². The van der Waals surface area contributed by atoms with Gasteiger partial charge in [0.25, 0.3) is 0 Å². The summed E-state index contributed by atoms with van der Waals surface area (Å²) in [5, 5.41) is 2.94. The van der Waals surface area contributed by atoms with Crippen LogP contribution in [0.5, 0.6) is 0 Å². The Bertz CT molecular complexity index is 691. The highest BCUT2D eigenvalue weighted by atomic mass is 19.1. The Balaban J connectivity index is 1.78. The van der Waals surface area contributed by atoms with Crippen LogP contribution in [0.15, 0.2) is 48.5 Å². The first-order chi connectivity index (χ1) is 11.1. The number of hydrogen-bond acceptors (Lipinski definition) is 1. The van der Waals surface area contributed by atoms with Crippen LogP contribution >= 0.6 is 0 Å². The first kappa shape index (κ1) is 15.7. The number of benzene rings is 2. The normalized spacial score (nSPS) is 16.3. The fourth-order valence-electron chi connectivity index (χ4n) is 3.37. The zero-order valence-corrected chi connectivity index (χ0v) is 12.8. The standard InChI is InChI=1S/C19H19F2NO/c20-16-8-6-14(7-9-16)13-22-18(23)19(10-1-2-11-19)15-4-3-5-17(21)12-15/h3-9,12H,1-2,10-11,13H2,(H,22,23). The summed E-state index contributed by atoms with van der Waals surface area (Å²) in [5.74, 6) is -0.697. The highest BCUT2D eigenvalue weighted by Gasteiger charge is 2.42. The number of rotatable bonds is 4. The summed E-state index contributed by atoms with van der Waals surface area (Å²) in [6, 6.07) is 12.4. The molecule has 1 aliphatic carbocycles. The van der Waals surface area contributed by atoms with Gasteiger partial charge in [0.05, 0.1) is 5.41 Å². The van der Waals surface area contributed by atoms with Gasteiger partial charge in [-0.1, -0.05) is 37.1 Å². The van der Waals surface area contributed by atoms with Gasteiger partial charge in [0.2, 0.25) is 5.91 Å². The second-order valence-electron chi connectivity index (χ2n) is 6.11. The second-order valence-corrected chi connectivity index (χ2v) is 6.11. The summed E-state index contributed by atoms with van der Waals surface area (Å²) >= 11 is 0.